The molecule has 1 saturated carbocycles. The predicted molar refractivity (Wildman–Crippen MR) is 79.7 cm³/mol. The lowest BCUT2D eigenvalue weighted by atomic mass is 9.86. The van der Waals surface area contributed by atoms with Crippen molar-refractivity contribution in [3.8, 4) is 0 Å². The van der Waals surface area contributed by atoms with Gasteiger partial charge in [-0.15, -0.1) is 0 Å². The standard InChI is InChI=1S/C17H34O/c1-4-5-6-7-8-12-17(18)13-9-10-16(11-14-17)15(2)3/h15-16,18H,4-14H2,1-3H3. The fraction of sp³-hybridized carbons (Fsp3) is 1.00. The van der Waals surface area contributed by atoms with Gasteiger partial charge in [0.05, 0.1) is 5.60 Å². The van der Waals surface area contributed by atoms with Gasteiger partial charge in [-0.25, -0.2) is 0 Å². The molecule has 1 N–H and O–H groups in total. The molecule has 0 spiro atoms. The van der Waals surface area contributed by atoms with Gasteiger partial charge in [0.15, 0.2) is 0 Å². The van der Waals surface area contributed by atoms with E-state index in [4.69, 9.17) is 0 Å². The fourth-order valence-electron chi connectivity index (χ4n) is 3.39. The van der Waals surface area contributed by atoms with E-state index in [1.807, 2.05) is 0 Å². The molecule has 18 heavy (non-hydrogen) atoms. The van der Waals surface area contributed by atoms with Crippen LogP contribution < -0.4 is 0 Å². The maximum absolute atomic E-state index is 10.7. The topological polar surface area (TPSA) is 20.2 Å². The summed E-state index contributed by atoms with van der Waals surface area (Å²) in [5, 5.41) is 10.7. The van der Waals surface area contributed by atoms with Gasteiger partial charge in [-0.1, -0.05) is 65.7 Å². The normalized spacial score (nSPS) is 29.5. The van der Waals surface area contributed by atoms with Crippen molar-refractivity contribution >= 4 is 0 Å². The van der Waals surface area contributed by atoms with Gasteiger partial charge in [0.25, 0.3) is 0 Å². The van der Waals surface area contributed by atoms with Gasteiger partial charge >= 0.3 is 0 Å². The molecule has 1 fully saturated rings. The van der Waals surface area contributed by atoms with E-state index in [2.05, 4.69) is 20.8 Å². The molecule has 1 aliphatic rings. The first-order valence-corrected chi connectivity index (χ1v) is 8.30. The van der Waals surface area contributed by atoms with E-state index in [-0.39, 0.29) is 5.60 Å². The summed E-state index contributed by atoms with van der Waals surface area (Å²) in [6.07, 6.45) is 13.5. The molecule has 2 unspecified atom stereocenters. The molecule has 0 saturated heterocycles. The van der Waals surface area contributed by atoms with E-state index in [9.17, 15) is 5.11 Å². The molecule has 0 amide bonds. The third-order valence-electron chi connectivity index (χ3n) is 4.89. The maximum atomic E-state index is 10.7. The third-order valence-corrected chi connectivity index (χ3v) is 4.89. The molecule has 0 radical (unpaired) electrons. The Morgan fingerprint density at radius 1 is 1.06 bits per heavy atom. The first-order valence-electron chi connectivity index (χ1n) is 8.30. The largest absolute Gasteiger partial charge is 0.390 e. The van der Waals surface area contributed by atoms with Gasteiger partial charge < -0.3 is 5.11 Å². The lowest BCUT2D eigenvalue weighted by molar-refractivity contribution is 0.0125. The second-order valence-corrected chi connectivity index (χ2v) is 6.82. The minimum Gasteiger partial charge on any atom is -0.390 e. The minimum absolute atomic E-state index is 0.324. The van der Waals surface area contributed by atoms with Crippen molar-refractivity contribution in [2.24, 2.45) is 11.8 Å². The molecule has 0 aromatic rings. The van der Waals surface area contributed by atoms with Crippen molar-refractivity contribution in [1.82, 2.24) is 0 Å². The smallest absolute Gasteiger partial charge is 0.0648 e. The molecule has 0 heterocycles. The molecular formula is C17H34O. The summed E-state index contributed by atoms with van der Waals surface area (Å²) in [6.45, 7) is 6.92. The number of rotatable bonds is 7. The van der Waals surface area contributed by atoms with Crippen LogP contribution in [0.15, 0.2) is 0 Å². The van der Waals surface area contributed by atoms with E-state index < -0.39 is 0 Å². The molecule has 1 rings (SSSR count). The van der Waals surface area contributed by atoms with Gasteiger partial charge in [-0.05, 0) is 37.5 Å². The van der Waals surface area contributed by atoms with Crippen LogP contribution in [-0.4, -0.2) is 10.7 Å². The zero-order valence-corrected chi connectivity index (χ0v) is 12.9. The molecule has 1 heteroatoms. The summed E-state index contributed by atoms with van der Waals surface area (Å²) in [7, 11) is 0. The number of unbranched alkanes of at least 4 members (excludes halogenated alkanes) is 4. The lowest BCUT2D eigenvalue weighted by Crippen LogP contribution is -2.27. The van der Waals surface area contributed by atoms with Crippen LogP contribution in [0.4, 0.5) is 0 Å². The van der Waals surface area contributed by atoms with Crippen molar-refractivity contribution in [1.29, 1.82) is 0 Å². The first kappa shape index (κ1) is 16.0. The summed E-state index contributed by atoms with van der Waals surface area (Å²) in [4.78, 5) is 0. The van der Waals surface area contributed by atoms with Gasteiger partial charge in [0.2, 0.25) is 0 Å². The van der Waals surface area contributed by atoms with Crippen LogP contribution in [0.5, 0.6) is 0 Å². The van der Waals surface area contributed by atoms with Crippen LogP contribution >= 0.6 is 0 Å². The molecule has 1 aliphatic carbocycles. The zero-order chi connectivity index (χ0) is 13.4. The zero-order valence-electron chi connectivity index (χ0n) is 12.9. The Morgan fingerprint density at radius 2 is 1.78 bits per heavy atom. The average Bonchev–Trinajstić information content (AvgIpc) is 2.52. The van der Waals surface area contributed by atoms with Crippen LogP contribution in [-0.2, 0) is 0 Å². The van der Waals surface area contributed by atoms with Crippen molar-refractivity contribution in [3.05, 3.63) is 0 Å². The Bertz CT molecular complexity index is 212. The van der Waals surface area contributed by atoms with Crippen molar-refractivity contribution in [2.45, 2.75) is 97.0 Å². The van der Waals surface area contributed by atoms with Crippen molar-refractivity contribution in [2.75, 3.05) is 0 Å². The van der Waals surface area contributed by atoms with E-state index in [0.29, 0.717) is 0 Å². The summed E-state index contributed by atoms with van der Waals surface area (Å²) in [6, 6.07) is 0. The lowest BCUT2D eigenvalue weighted by Gasteiger charge is -2.27. The van der Waals surface area contributed by atoms with Crippen molar-refractivity contribution < 1.29 is 5.11 Å². The Kier molecular flexibility index (Phi) is 7.29. The van der Waals surface area contributed by atoms with Crippen LogP contribution in [0.25, 0.3) is 0 Å². The molecular weight excluding hydrogens is 220 g/mol. The second-order valence-electron chi connectivity index (χ2n) is 6.82. The Labute approximate surface area is 114 Å². The van der Waals surface area contributed by atoms with Crippen LogP contribution in [0.1, 0.15) is 91.4 Å². The number of hydrogen-bond acceptors (Lipinski definition) is 1. The summed E-state index contributed by atoms with van der Waals surface area (Å²) >= 11 is 0. The maximum Gasteiger partial charge on any atom is 0.0648 e. The second kappa shape index (κ2) is 8.19. The molecule has 108 valence electrons. The summed E-state index contributed by atoms with van der Waals surface area (Å²) in [5.41, 5.74) is -0.324. The summed E-state index contributed by atoms with van der Waals surface area (Å²) < 4.78 is 0. The highest BCUT2D eigenvalue weighted by Gasteiger charge is 2.30. The van der Waals surface area contributed by atoms with Crippen molar-refractivity contribution in [3.63, 3.8) is 0 Å². The van der Waals surface area contributed by atoms with Crippen LogP contribution in [0.3, 0.4) is 0 Å². The quantitative estimate of drug-likeness (QED) is 0.482. The highest BCUT2D eigenvalue weighted by atomic mass is 16.3. The molecule has 0 bridgehead atoms. The molecule has 1 nitrogen and oxygen atoms in total. The monoisotopic (exact) mass is 254 g/mol. The first-order chi connectivity index (χ1) is 8.57. The van der Waals surface area contributed by atoms with Gasteiger partial charge in [0, 0.05) is 0 Å². The molecule has 2 atom stereocenters. The Morgan fingerprint density at radius 3 is 2.44 bits per heavy atom. The van der Waals surface area contributed by atoms with Gasteiger partial charge in [-0.2, -0.15) is 0 Å². The molecule has 0 aromatic heterocycles. The number of hydrogen-bond donors (Lipinski definition) is 1. The predicted octanol–water partition coefficient (Wildman–Crippen LogP) is 5.31. The van der Waals surface area contributed by atoms with Crippen LogP contribution in [0, 0.1) is 11.8 Å². The van der Waals surface area contributed by atoms with Gasteiger partial charge in [0.1, 0.15) is 0 Å². The highest BCUT2D eigenvalue weighted by Crippen LogP contribution is 2.36. The molecule has 0 aromatic carbocycles. The Hall–Kier alpha value is -0.0400. The van der Waals surface area contributed by atoms with E-state index in [0.717, 1.165) is 31.1 Å². The van der Waals surface area contributed by atoms with E-state index in [1.54, 1.807) is 0 Å². The van der Waals surface area contributed by atoms with E-state index >= 15 is 0 Å². The SMILES string of the molecule is CCCCCCCC1(O)CCCC(C(C)C)CC1. The van der Waals surface area contributed by atoms with E-state index in [1.165, 1.54) is 51.4 Å². The van der Waals surface area contributed by atoms with Crippen LogP contribution in [0.2, 0.25) is 0 Å². The fourth-order valence-corrected chi connectivity index (χ4v) is 3.39. The van der Waals surface area contributed by atoms with Gasteiger partial charge in [-0.3, -0.25) is 0 Å². The number of aliphatic hydroxyl groups is 1. The summed E-state index contributed by atoms with van der Waals surface area (Å²) in [5.74, 6) is 1.64. The average molecular weight is 254 g/mol. The Balaban J connectivity index is 2.26. The molecule has 0 aliphatic heterocycles. The minimum atomic E-state index is -0.324. The third kappa shape index (κ3) is 5.73. The highest BCUT2D eigenvalue weighted by molar-refractivity contribution is 4.84.